The van der Waals surface area contributed by atoms with E-state index in [1.54, 1.807) is 0 Å². The lowest BCUT2D eigenvalue weighted by atomic mass is 10.0. The van der Waals surface area contributed by atoms with Crippen LogP contribution >= 0.6 is 0 Å². The van der Waals surface area contributed by atoms with Crippen LogP contribution in [0.3, 0.4) is 0 Å². The average molecular weight is 235 g/mol. The molecule has 0 bridgehead atoms. The molecule has 0 aliphatic rings. The highest BCUT2D eigenvalue weighted by Gasteiger charge is 2.12. The minimum absolute atomic E-state index is 0.206. The molecule has 0 atom stereocenters. The molecule has 0 aliphatic heterocycles. The molecule has 0 radical (unpaired) electrons. The van der Waals surface area contributed by atoms with E-state index in [4.69, 9.17) is 4.74 Å². The summed E-state index contributed by atoms with van der Waals surface area (Å²) in [5.41, 5.74) is 1.51. The van der Waals surface area contributed by atoms with E-state index in [0.29, 0.717) is 0 Å². The molecular formula is C15H25NO. The first-order valence-corrected chi connectivity index (χ1v) is 6.54. The van der Waals surface area contributed by atoms with Crippen LogP contribution in [0.4, 0.5) is 0 Å². The van der Waals surface area contributed by atoms with Crippen LogP contribution in [0.15, 0.2) is 24.3 Å². The van der Waals surface area contributed by atoms with Crippen LogP contribution < -0.4 is 10.1 Å². The summed E-state index contributed by atoms with van der Waals surface area (Å²) in [6, 6.07) is 8.35. The zero-order valence-corrected chi connectivity index (χ0v) is 11.5. The summed E-state index contributed by atoms with van der Waals surface area (Å²) in [4.78, 5) is 0. The van der Waals surface area contributed by atoms with E-state index in [1.165, 1.54) is 5.56 Å². The first-order chi connectivity index (χ1) is 8.07. The van der Waals surface area contributed by atoms with Gasteiger partial charge in [0.1, 0.15) is 5.75 Å². The third-order valence-corrected chi connectivity index (χ3v) is 3.05. The minimum Gasteiger partial charge on any atom is -0.494 e. The van der Waals surface area contributed by atoms with E-state index < -0.39 is 0 Å². The van der Waals surface area contributed by atoms with Crippen molar-refractivity contribution in [1.29, 1.82) is 0 Å². The molecule has 2 heteroatoms. The Kier molecular flexibility index (Phi) is 5.49. The molecule has 0 fully saturated rings. The Balaban J connectivity index is 2.45. The molecule has 1 N–H and O–H groups in total. The van der Waals surface area contributed by atoms with Gasteiger partial charge >= 0.3 is 0 Å². The van der Waals surface area contributed by atoms with Crippen molar-refractivity contribution in [1.82, 2.24) is 5.32 Å². The van der Waals surface area contributed by atoms with Crippen LogP contribution in [-0.2, 0) is 6.54 Å². The average Bonchev–Trinajstić information content (AvgIpc) is 2.35. The molecule has 0 saturated carbocycles. The van der Waals surface area contributed by atoms with Gasteiger partial charge in [-0.05, 0) is 44.4 Å². The predicted molar refractivity (Wildman–Crippen MR) is 73.4 cm³/mol. The van der Waals surface area contributed by atoms with Gasteiger partial charge in [0.2, 0.25) is 0 Å². The zero-order chi connectivity index (χ0) is 12.7. The lowest BCUT2D eigenvalue weighted by Crippen LogP contribution is -2.37. The smallest absolute Gasteiger partial charge is 0.119 e. The molecule has 0 amide bonds. The maximum Gasteiger partial charge on any atom is 0.119 e. The van der Waals surface area contributed by atoms with Crippen molar-refractivity contribution in [2.24, 2.45) is 0 Å². The fraction of sp³-hybridized carbons (Fsp3) is 0.600. The number of hydrogen-bond acceptors (Lipinski definition) is 2. The highest BCUT2D eigenvalue weighted by molar-refractivity contribution is 5.27. The van der Waals surface area contributed by atoms with Crippen molar-refractivity contribution < 1.29 is 4.74 Å². The Labute approximate surface area is 105 Å². The van der Waals surface area contributed by atoms with Crippen LogP contribution in [0.25, 0.3) is 0 Å². The topological polar surface area (TPSA) is 21.3 Å². The van der Waals surface area contributed by atoms with E-state index in [1.807, 2.05) is 12.1 Å². The molecule has 2 nitrogen and oxygen atoms in total. The number of nitrogens with one attached hydrogen (secondary N) is 1. The second-order valence-corrected chi connectivity index (χ2v) is 5.08. The first-order valence-electron chi connectivity index (χ1n) is 6.54. The molecule has 0 heterocycles. The van der Waals surface area contributed by atoms with E-state index >= 15 is 0 Å². The Morgan fingerprint density at radius 3 is 2.29 bits per heavy atom. The standard InChI is InChI=1S/C15H25NO/c1-5-11-17-14-9-7-13(8-10-14)12-16-15(3,4)6-2/h7-10,16H,5-6,11-12H2,1-4H3. The maximum atomic E-state index is 5.56. The summed E-state index contributed by atoms with van der Waals surface area (Å²) in [5.74, 6) is 0.963. The van der Waals surface area contributed by atoms with Crippen molar-refractivity contribution >= 4 is 0 Å². The van der Waals surface area contributed by atoms with Gasteiger partial charge in [-0.1, -0.05) is 26.0 Å². The van der Waals surface area contributed by atoms with Gasteiger partial charge in [0, 0.05) is 12.1 Å². The second-order valence-electron chi connectivity index (χ2n) is 5.08. The summed E-state index contributed by atoms with van der Waals surface area (Å²) in [6.07, 6.45) is 2.18. The van der Waals surface area contributed by atoms with E-state index in [-0.39, 0.29) is 5.54 Å². The second kappa shape index (κ2) is 6.65. The summed E-state index contributed by atoms with van der Waals surface area (Å²) in [7, 11) is 0. The normalized spacial score (nSPS) is 11.5. The van der Waals surface area contributed by atoms with Gasteiger partial charge in [0.05, 0.1) is 6.61 Å². The SMILES string of the molecule is CCCOc1ccc(CNC(C)(C)CC)cc1. The first kappa shape index (κ1) is 14.0. The number of benzene rings is 1. The van der Waals surface area contributed by atoms with Crippen LogP contribution in [-0.4, -0.2) is 12.1 Å². The van der Waals surface area contributed by atoms with Crippen molar-refractivity contribution in [3.8, 4) is 5.75 Å². The molecule has 1 aromatic carbocycles. The third kappa shape index (κ3) is 5.22. The highest BCUT2D eigenvalue weighted by Crippen LogP contribution is 2.14. The Morgan fingerprint density at radius 2 is 1.76 bits per heavy atom. The monoisotopic (exact) mass is 235 g/mol. The van der Waals surface area contributed by atoms with E-state index in [9.17, 15) is 0 Å². The summed E-state index contributed by atoms with van der Waals surface area (Å²) in [5, 5.41) is 3.55. The van der Waals surface area contributed by atoms with Gasteiger partial charge < -0.3 is 10.1 Å². The Hall–Kier alpha value is -1.02. The van der Waals surface area contributed by atoms with Gasteiger partial charge in [-0.25, -0.2) is 0 Å². The van der Waals surface area contributed by atoms with Gasteiger partial charge in [-0.3, -0.25) is 0 Å². The zero-order valence-electron chi connectivity index (χ0n) is 11.5. The Bertz CT molecular complexity index is 316. The molecule has 96 valence electrons. The molecule has 1 aromatic rings. The van der Waals surface area contributed by atoms with E-state index in [2.05, 4.69) is 45.1 Å². The third-order valence-electron chi connectivity index (χ3n) is 3.05. The van der Waals surface area contributed by atoms with Crippen LogP contribution in [0.1, 0.15) is 46.1 Å². The molecule has 17 heavy (non-hydrogen) atoms. The number of hydrogen-bond donors (Lipinski definition) is 1. The minimum atomic E-state index is 0.206. The quantitative estimate of drug-likeness (QED) is 0.777. The lowest BCUT2D eigenvalue weighted by Gasteiger charge is -2.24. The van der Waals surface area contributed by atoms with E-state index in [0.717, 1.165) is 31.7 Å². The van der Waals surface area contributed by atoms with Crippen LogP contribution in [0, 0.1) is 0 Å². The molecule has 0 aromatic heterocycles. The predicted octanol–water partition coefficient (Wildman–Crippen LogP) is 3.75. The molecule has 0 saturated heterocycles. The van der Waals surface area contributed by atoms with Crippen molar-refractivity contribution in [3.05, 3.63) is 29.8 Å². The largest absolute Gasteiger partial charge is 0.494 e. The highest BCUT2D eigenvalue weighted by atomic mass is 16.5. The van der Waals surface area contributed by atoms with Gasteiger partial charge in [0.15, 0.2) is 0 Å². The van der Waals surface area contributed by atoms with Crippen LogP contribution in [0.5, 0.6) is 5.75 Å². The maximum absolute atomic E-state index is 5.56. The molecule has 1 rings (SSSR count). The van der Waals surface area contributed by atoms with Crippen molar-refractivity contribution in [3.63, 3.8) is 0 Å². The summed E-state index contributed by atoms with van der Waals surface area (Å²) in [6.45, 7) is 10.5. The molecule has 0 spiro atoms. The number of ether oxygens (including phenoxy) is 1. The molecule has 0 aliphatic carbocycles. The molecular weight excluding hydrogens is 210 g/mol. The molecule has 0 unspecified atom stereocenters. The van der Waals surface area contributed by atoms with Gasteiger partial charge in [0.25, 0.3) is 0 Å². The van der Waals surface area contributed by atoms with Gasteiger partial charge in [-0.2, -0.15) is 0 Å². The van der Waals surface area contributed by atoms with Crippen molar-refractivity contribution in [2.75, 3.05) is 6.61 Å². The number of rotatable bonds is 7. The lowest BCUT2D eigenvalue weighted by molar-refractivity contribution is 0.317. The Morgan fingerprint density at radius 1 is 1.12 bits per heavy atom. The summed E-state index contributed by atoms with van der Waals surface area (Å²) < 4.78 is 5.56. The van der Waals surface area contributed by atoms with Crippen LogP contribution in [0.2, 0.25) is 0 Å². The fourth-order valence-corrected chi connectivity index (χ4v) is 1.39. The summed E-state index contributed by atoms with van der Waals surface area (Å²) >= 11 is 0. The fourth-order valence-electron chi connectivity index (χ4n) is 1.39. The van der Waals surface area contributed by atoms with Crippen molar-refractivity contribution in [2.45, 2.75) is 52.6 Å². The van der Waals surface area contributed by atoms with Gasteiger partial charge in [-0.15, -0.1) is 0 Å².